The van der Waals surface area contributed by atoms with Gasteiger partial charge >= 0.3 is 0 Å². The number of amides is 2. The van der Waals surface area contributed by atoms with E-state index in [4.69, 9.17) is 35.6 Å². The van der Waals surface area contributed by atoms with E-state index in [1.165, 1.54) is 65.1 Å². The van der Waals surface area contributed by atoms with Crippen LogP contribution in [0, 0.1) is 11.6 Å². The van der Waals surface area contributed by atoms with Gasteiger partial charge in [0.1, 0.15) is 39.2 Å². The fourth-order valence-electron chi connectivity index (χ4n) is 8.24. The molecule has 2 amide bonds. The van der Waals surface area contributed by atoms with Gasteiger partial charge in [-0.3, -0.25) is 9.59 Å². The van der Waals surface area contributed by atoms with Crippen molar-refractivity contribution in [3.8, 4) is 11.5 Å². The Bertz CT molecular complexity index is 3130. The summed E-state index contributed by atoms with van der Waals surface area (Å²) in [7, 11) is 0. The molecule has 23 heteroatoms. The van der Waals surface area contributed by atoms with Gasteiger partial charge in [-0.25, -0.2) is 33.1 Å². The molecule has 4 N–H and O–H groups in total. The summed E-state index contributed by atoms with van der Waals surface area (Å²) in [5.41, 5.74) is 15.2. The van der Waals surface area contributed by atoms with Gasteiger partial charge in [0.15, 0.2) is 34.5 Å². The number of piperazine rings is 2. The Kier molecular flexibility index (Phi) is 16.0. The van der Waals surface area contributed by atoms with Gasteiger partial charge in [0.2, 0.25) is 17.8 Å². The number of hydrogen-bond donors (Lipinski definition) is 2. The minimum Gasteiger partial charge on any atom is -0.484 e. The van der Waals surface area contributed by atoms with E-state index < -0.39 is 5.85 Å². The molecule has 380 valence electrons. The molecular weight excluding hydrogens is 1050 g/mol. The highest BCUT2D eigenvalue weighted by Crippen LogP contribution is 2.37. The number of nitrogens with two attached hydrogens (primary N) is 2. The first kappa shape index (κ1) is 51.0. The van der Waals surface area contributed by atoms with E-state index in [0.717, 1.165) is 37.4 Å². The predicted octanol–water partition coefficient (Wildman–Crippen LogP) is 7.66. The minimum atomic E-state index is -1.80. The van der Waals surface area contributed by atoms with Gasteiger partial charge in [-0.15, -0.1) is 0 Å². The van der Waals surface area contributed by atoms with Crippen LogP contribution < -0.4 is 30.7 Å². The van der Waals surface area contributed by atoms with Crippen molar-refractivity contribution >= 4 is 100 Å². The topological polar surface area (TPSA) is 204 Å². The van der Waals surface area contributed by atoms with Gasteiger partial charge in [0.25, 0.3) is 11.8 Å². The second-order valence-electron chi connectivity index (χ2n) is 17.0. The number of aromatic nitrogens is 6. The quantitative estimate of drug-likeness (QED) is 0.107. The first-order valence-electron chi connectivity index (χ1n) is 23.4. The number of halogens is 4. The van der Waals surface area contributed by atoms with Gasteiger partial charge in [-0.2, -0.15) is 9.97 Å². The highest BCUT2D eigenvalue weighted by atomic mass is 79.9. The molecule has 73 heavy (non-hydrogen) atoms. The van der Waals surface area contributed by atoms with E-state index in [0.29, 0.717) is 97.3 Å². The van der Waals surface area contributed by atoms with Crippen LogP contribution in [0.3, 0.4) is 0 Å². The van der Waals surface area contributed by atoms with Crippen LogP contribution in [-0.2, 0) is 27.2 Å². The lowest BCUT2D eigenvalue weighted by Crippen LogP contribution is -2.50. The summed E-state index contributed by atoms with van der Waals surface area (Å²) in [5.74, 6) is 0.113. The molecule has 3 aliphatic rings. The number of nitrogen functional groups attached to an aromatic ring is 2. The summed E-state index contributed by atoms with van der Waals surface area (Å²) in [6.07, 6.45) is 6.42. The second-order valence-corrected chi connectivity index (χ2v) is 20.0. The number of thiazole rings is 2. The van der Waals surface area contributed by atoms with Crippen molar-refractivity contribution in [3.05, 3.63) is 123 Å². The molecule has 17 nitrogen and oxygen atoms in total. The number of allylic oxidation sites excluding steroid dienone is 2. The molecule has 7 aromatic rings. The zero-order valence-corrected chi connectivity index (χ0v) is 42.8. The number of hydrogen-bond acceptors (Lipinski definition) is 17. The molecule has 1 unspecified atom stereocenters. The van der Waals surface area contributed by atoms with Crippen molar-refractivity contribution in [1.29, 1.82) is 0 Å². The van der Waals surface area contributed by atoms with Crippen molar-refractivity contribution in [3.63, 3.8) is 0 Å². The standard InChI is InChI=1S/C25H24BrFN6O2S.C25H26F2N6O3S/c26-17-4-8-19(9-5-17)35-15-21(34)32-11-13-33(14-12-32)23-22-24(31-25(28)30-23)36-20(29-22)10-3-16-1-6-18(27)7-2-16;1-2-36-25(27)9-7-16(8-10-25)22-29-20-21(30-24(28)31-23(20)37-22)33-13-11-32(12-14-33)19(34)15-35-18-5-3-17(26)4-6-18/h1-2,4-9H,3,10-15H2,(H2,28,30,31);3-9H,2,10-15H2,1H3,(H2,28,30,31). The van der Waals surface area contributed by atoms with E-state index in [1.807, 2.05) is 29.2 Å². The van der Waals surface area contributed by atoms with Crippen LogP contribution >= 0.6 is 38.6 Å². The zero-order chi connectivity index (χ0) is 51.1. The molecule has 2 fully saturated rings. The number of aryl methyl sites for hydroxylation is 2. The monoisotopic (exact) mass is 1100 g/mol. The lowest BCUT2D eigenvalue weighted by molar-refractivity contribution is -0.134. The van der Waals surface area contributed by atoms with Gasteiger partial charge < -0.3 is 45.3 Å². The molecule has 1 aliphatic carbocycles. The predicted molar refractivity (Wildman–Crippen MR) is 279 cm³/mol. The van der Waals surface area contributed by atoms with E-state index >= 15 is 0 Å². The highest BCUT2D eigenvalue weighted by Gasteiger charge is 2.31. The van der Waals surface area contributed by atoms with Crippen LogP contribution in [0.4, 0.5) is 36.7 Å². The lowest BCUT2D eigenvalue weighted by atomic mass is 10.0. The molecule has 2 saturated heterocycles. The Balaban J connectivity index is 0.000000180. The maximum absolute atomic E-state index is 14.6. The van der Waals surface area contributed by atoms with Crippen molar-refractivity contribution < 1.29 is 37.0 Å². The maximum Gasteiger partial charge on any atom is 0.260 e. The number of nitrogens with zero attached hydrogens (tertiary/aromatic N) is 10. The number of ether oxygens (including phenoxy) is 3. The minimum absolute atomic E-state index is 0.00413. The molecule has 1 atom stereocenters. The first-order chi connectivity index (χ1) is 35.3. The summed E-state index contributed by atoms with van der Waals surface area (Å²) < 4.78 is 58.1. The number of benzene rings is 3. The number of fused-ring (bicyclic) bond motifs is 2. The normalized spacial score (nSPS) is 16.9. The zero-order valence-electron chi connectivity index (χ0n) is 39.6. The number of anilines is 4. The van der Waals surface area contributed by atoms with E-state index in [-0.39, 0.29) is 61.6 Å². The van der Waals surface area contributed by atoms with Crippen LogP contribution in [0.25, 0.3) is 26.3 Å². The van der Waals surface area contributed by atoms with Crippen LogP contribution in [0.15, 0.2) is 95.5 Å². The van der Waals surface area contributed by atoms with Gasteiger partial charge in [-0.05, 0) is 85.6 Å². The number of rotatable bonds is 14. The second kappa shape index (κ2) is 22.9. The number of carbonyl (C=O) groups excluding carboxylic acids is 2. The first-order valence-corrected chi connectivity index (χ1v) is 25.9. The summed E-state index contributed by atoms with van der Waals surface area (Å²) in [5, 5.41) is 1.62. The maximum atomic E-state index is 14.6. The van der Waals surface area contributed by atoms with E-state index in [1.54, 1.807) is 41.0 Å². The molecule has 6 heterocycles. The Hall–Kier alpha value is -6.95. The summed E-state index contributed by atoms with van der Waals surface area (Å²) in [4.78, 5) is 61.5. The Morgan fingerprint density at radius 3 is 1.70 bits per heavy atom. The third kappa shape index (κ3) is 12.8. The fraction of sp³-hybridized carbons (Fsp3) is 0.320. The number of alkyl halides is 1. The Labute approximate surface area is 434 Å². The third-order valence-corrected chi connectivity index (χ3v) is 14.6. The number of carbonyl (C=O) groups is 2. The summed E-state index contributed by atoms with van der Waals surface area (Å²) in [6.45, 7) is 6.22. The SMILES string of the molecule is CCOC1(F)C=CC(c2nc3c(N4CCN(C(=O)COc5ccc(F)cc5)CC4)nc(N)nc3s2)=CC1.Nc1nc(N2CCN(C(=O)COc3ccc(Br)cc3)CC2)c2nc(CCc3ccc(F)cc3)sc2n1. The Morgan fingerprint density at radius 2 is 1.18 bits per heavy atom. The highest BCUT2D eigenvalue weighted by molar-refractivity contribution is 9.10. The van der Waals surface area contributed by atoms with Crippen LogP contribution in [0.1, 0.15) is 28.9 Å². The molecule has 0 saturated carbocycles. The van der Waals surface area contributed by atoms with Crippen LogP contribution in [0.5, 0.6) is 11.5 Å². The van der Waals surface area contributed by atoms with Gasteiger partial charge in [0.05, 0.1) is 5.01 Å². The average Bonchev–Trinajstić information content (AvgIpc) is 4.02. The summed E-state index contributed by atoms with van der Waals surface area (Å²) >= 11 is 6.25. The van der Waals surface area contributed by atoms with Crippen molar-refractivity contribution in [2.24, 2.45) is 0 Å². The van der Waals surface area contributed by atoms with Gasteiger partial charge in [0, 0.05) is 81.9 Å². The molecule has 0 radical (unpaired) electrons. The fourth-order valence-corrected chi connectivity index (χ4v) is 10.4. The average molecular weight is 1100 g/mol. The smallest absolute Gasteiger partial charge is 0.260 e. The van der Waals surface area contributed by atoms with Crippen molar-refractivity contribution in [2.45, 2.75) is 32.0 Å². The molecule has 4 aromatic heterocycles. The van der Waals surface area contributed by atoms with E-state index in [9.17, 15) is 22.8 Å². The van der Waals surface area contributed by atoms with Crippen molar-refractivity contribution in [1.82, 2.24) is 39.7 Å². The summed E-state index contributed by atoms with van der Waals surface area (Å²) in [6, 6.07) is 19.4. The van der Waals surface area contributed by atoms with Crippen LogP contribution in [-0.4, -0.2) is 130 Å². The van der Waals surface area contributed by atoms with Crippen LogP contribution in [0.2, 0.25) is 0 Å². The molecule has 2 aliphatic heterocycles. The lowest BCUT2D eigenvalue weighted by Gasteiger charge is -2.35. The molecule has 10 rings (SSSR count). The molecule has 3 aromatic carbocycles. The molecule has 0 spiro atoms. The van der Waals surface area contributed by atoms with E-state index in [2.05, 4.69) is 40.8 Å². The van der Waals surface area contributed by atoms with Crippen molar-refractivity contribution in [2.75, 3.05) is 93.4 Å². The Morgan fingerprint density at radius 1 is 0.671 bits per heavy atom. The molecular formula is C50H50BrF3N12O5S2. The molecule has 0 bridgehead atoms. The van der Waals surface area contributed by atoms with Gasteiger partial charge in [-0.1, -0.05) is 62.9 Å². The third-order valence-electron chi connectivity index (χ3n) is 12.1. The largest absolute Gasteiger partial charge is 0.484 e.